The molecule has 2 aliphatic rings. The molecule has 2 fully saturated rings. The lowest BCUT2D eigenvalue weighted by atomic mass is 9.81. The number of aromatic nitrogens is 2. The predicted octanol–water partition coefficient (Wildman–Crippen LogP) is 6.76. The average Bonchev–Trinajstić information content (AvgIpc) is 3.26. The molecule has 1 heterocycles. The fourth-order valence-electron chi connectivity index (χ4n) is 6.13. The molecule has 5 rings (SSSR count). The summed E-state index contributed by atoms with van der Waals surface area (Å²) < 4.78 is 30.5. The first kappa shape index (κ1) is 26.6. The number of aliphatic carboxylic acids is 1. The first-order valence-electron chi connectivity index (χ1n) is 13.4. The van der Waals surface area contributed by atoms with E-state index in [4.69, 9.17) is 11.6 Å². The number of nitrogens with zero attached hydrogens (tertiary/aromatic N) is 2. The van der Waals surface area contributed by atoms with Crippen LogP contribution in [-0.4, -0.2) is 33.1 Å². The number of carbonyl (C=O) groups excluding carboxylic acids is 1. The topological polar surface area (TPSA) is 84.2 Å². The number of hydrogen-bond donors (Lipinski definition) is 2. The van der Waals surface area contributed by atoms with Gasteiger partial charge in [0.05, 0.1) is 17.0 Å². The van der Waals surface area contributed by atoms with Crippen molar-refractivity contribution in [1.82, 2.24) is 14.9 Å². The Labute approximate surface area is 225 Å². The number of carboxylic acid groups (broad SMARTS) is 1. The molecule has 38 heavy (non-hydrogen) atoms. The highest BCUT2D eigenvalue weighted by atomic mass is 35.5. The van der Waals surface area contributed by atoms with Crippen LogP contribution in [0.15, 0.2) is 36.4 Å². The van der Waals surface area contributed by atoms with E-state index in [1.807, 2.05) is 0 Å². The molecule has 0 aliphatic heterocycles. The van der Waals surface area contributed by atoms with E-state index in [1.165, 1.54) is 0 Å². The molecule has 0 bridgehead atoms. The summed E-state index contributed by atoms with van der Waals surface area (Å²) in [6.45, 7) is 0.459. The fraction of sp³-hybridized carbons (Fsp3) is 0.483. The number of hydrogen-bond acceptors (Lipinski definition) is 3. The van der Waals surface area contributed by atoms with Crippen molar-refractivity contribution in [3.8, 4) is 11.4 Å². The maximum Gasteiger partial charge on any atom is 0.306 e. The van der Waals surface area contributed by atoms with Crippen LogP contribution in [0.5, 0.6) is 0 Å². The zero-order valence-corrected chi connectivity index (χ0v) is 21.9. The number of amides is 1. The Hall–Kier alpha value is -3.00. The minimum absolute atomic E-state index is 0.0167. The summed E-state index contributed by atoms with van der Waals surface area (Å²) in [4.78, 5) is 29.9. The SMILES string of the molecule is O=C(O)C1CCC(CNC(=O)[C@H](C2CCCCC2)n2c(-c3ccc(Cl)cc3)nc3cc(F)c(F)cc32)CC1. The van der Waals surface area contributed by atoms with Crippen LogP contribution in [0, 0.1) is 29.4 Å². The van der Waals surface area contributed by atoms with Crippen LogP contribution in [0.2, 0.25) is 5.02 Å². The number of fused-ring (bicyclic) bond motifs is 1. The average molecular weight is 544 g/mol. The second kappa shape index (κ2) is 11.4. The van der Waals surface area contributed by atoms with E-state index in [-0.39, 0.29) is 29.2 Å². The van der Waals surface area contributed by atoms with Crippen molar-refractivity contribution in [1.29, 1.82) is 0 Å². The molecular formula is C29H32ClF2N3O3. The minimum atomic E-state index is -0.987. The van der Waals surface area contributed by atoms with Crippen molar-refractivity contribution in [3.63, 3.8) is 0 Å². The highest BCUT2D eigenvalue weighted by molar-refractivity contribution is 6.30. The Kier molecular flexibility index (Phi) is 7.98. The number of carboxylic acids is 1. The van der Waals surface area contributed by atoms with E-state index in [1.54, 1.807) is 28.8 Å². The molecule has 0 saturated heterocycles. The van der Waals surface area contributed by atoms with E-state index >= 15 is 0 Å². The standard InChI is InChI=1S/C29H32ClF2N3O3/c30-21-12-10-19(11-13-21)27-34-24-14-22(31)23(32)15-25(24)35(27)26(18-4-2-1-3-5-18)28(36)33-16-17-6-8-20(9-7-17)29(37)38/h10-15,17-18,20,26H,1-9,16H2,(H,33,36)(H,37,38)/t17?,20?,26-/m0/s1. The van der Waals surface area contributed by atoms with E-state index in [0.717, 1.165) is 57.1 Å². The Balaban J connectivity index is 1.51. The molecule has 1 aromatic heterocycles. The van der Waals surface area contributed by atoms with Crippen LogP contribution in [0.1, 0.15) is 63.8 Å². The van der Waals surface area contributed by atoms with Crippen LogP contribution in [-0.2, 0) is 9.59 Å². The third-order valence-electron chi connectivity index (χ3n) is 8.24. The van der Waals surface area contributed by atoms with E-state index in [2.05, 4.69) is 10.3 Å². The molecule has 1 atom stereocenters. The van der Waals surface area contributed by atoms with Crippen molar-refractivity contribution in [3.05, 3.63) is 53.1 Å². The van der Waals surface area contributed by atoms with Gasteiger partial charge in [-0.3, -0.25) is 9.59 Å². The third kappa shape index (κ3) is 5.55. The van der Waals surface area contributed by atoms with Gasteiger partial charge in [0.25, 0.3) is 0 Å². The van der Waals surface area contributed by atoms with Crippen LogP contribution < -0.4 is 5.32 Å². The molecule has 3 aromatic rings. The maximum absolute atomic E-state index is 14.5. The molecule has 202 valence electrons. The second-order valence-corrected chi connectivity index (χ2v) is 11.1. The van der Waals surface area contributed by atoms with Gasteiger partial charge in [0.15, 0.2) is 11.6 Å². The number of benzene rings is 2. The van der Waals surface area contributed by atoms with Crippen molar-refractivity contribution in [2.75, 3.05) is 6.54 Å². The predicted molar refractivity (Wildman–Crippen MR) is 142 cm³/mol. The van der Waals surface area contributed by atoms with Crippen molar-refractivity contribution < 1.29 is 23.5 Å². The van der Waals surface area contributed by atoms with Gasteiger partial charge in [-0.2, -0.15) is 0 Å². The summed E-state index contributed by atoms with van der Waals surface area (Å²) in [6, 6.07) is 8.61. The van der Waals surface area contributed by atoms with Gasteiger partial charge in [-0.15, -0.1) is 0 Å². The normalized spacial score (nSPS) is 21.3. The number of carbonyl (C=O) groups is 2. The Morgan fingerprint density at radius 2 is 1.66 bits per heavy atom. The molecular weight excluding hydrogens is 512 g/mol. The monoisotopic (exact) mass is 543 g/mol. The van der Waals surface area contributed by atoms with Gasteiger partial charge < -0.3 is 15.0 Å². The van der Waals surface area contributed by atoms with Crippen molar-refractivity contribution in [2.45, 2.75) is 63.8 Å². The van der Waals surface area contributed by atoms with Crippen LogP contribution in [0.25, 0.3) is 22.4 Å². The zero-order valence-electron chi connectivity index (χ0n) is 21.1. The van der Waals surface area contributed by atoms with E-state index in [0.29, 0.717) is 41.3 Å². The molecule has 0 unspecified atom stereocenters. The number of imidazole rings is 1. The molecule has 9 heteroatoms. The smallest absolute Gasteiger partial charge is 0.306 e. The number of halogens is 3. The third-order valence-corrected chi connectivity index (χ3v) is 8.49. The largest absolute Gasteiger partial charge is 0.481 e. The zero-order chi connectivity index (χ0) is 26.8. The van der Waals surface area contributed by atoms with Gasteiger partial charge in [-0.05, 0) is 74.6 Å². The van der Waals surface area contributed by atoms with Crippen molar-refractivity contribution in [2.24, 2.45) is 17.8 Å². The summed E-state index contributed by atoms with van der Waals surface area (Å²) in [5, 5.41) is 13.0. The Morgan fingerprint density at radius 3 is 2.32 bits per heavy atom. The maximum atomic E-state index is 14.5. The summed E-state index contributed by atoms with van der Waals surface area (Å²) in [6.07, 6.45) is 7.53. The quantitative estimate of drug-likeness (QED) is 0.345. The van der Waals surface area contributed by atoms with Crippen LogP contribution >= 0.6 is 11.6 Å². The lowest BCUT2D eigenvalue weighted by molar-refractivity contribution is -0.143. The Morgan fingerprint density at radius 1 is 1.00 bits per heavy atom. The molecule has 2 aliphatic carbocycles. The first-order chi connectivity index (χ1) is 18.3. The lowest BCUT2D eigenvalue weighted by Gasteiger charge is -2.33. The second-order valence-electron chi connectivity index (χ2n) is 10.7. The van der Waals surface area contributed by atoms with Gasteiger partial charge in [-0.1, -0.05) is 30.9 Å². The Bertz CT molecular complexity index is 1310. The van der Waals surface area contributed by atoms with E-state index < -0.39 is 23.6 Å². The van der Waals surface area contributed by atoms with Crippen molar-refractivity contribution >= 4 is 34.5 Å². The van der Waals surface area contributed by atoms with Crippen LogP contribution in [0.3, 0.4) is 0 Å². The number of nitrogens with one attached hydrogen (secondary N) is 1. The number of rotatable bonds is 7. The first-order valence-corrected chi connectivity index (χ1v) is 13.8. The summed E-state index contributed by atoms with van der Waals surface area (Å²) in [7, 11) is 0. The molecule has 2 N–H and O–H groups in total. The summed E-state index contributed by atoms with van der Waals surface area (Å²) >= 11 is 6.11. The fourth-order valence-corrected chi connectivity index (χ4v) is 6.26. The molecule has 2 aromatic carbocycles. The lowest BCUT2D eigenvalue weighted by Crippen LogP contribution is -2.40. The van der Waals surface area contributed by atoms with Gasteiger partial charge >= 0.3 is 5.97 Å². The van der Waals surface area contributed by atoms with Crippen LogP contribution in [0.4, 0.5) is 8.78 Å². The molecule has 0 spiro atoms. The molecule has 6 nitrogen and oxygen atoms in total. The van der Waals surface area contributed by atoms with Gasteiger partial charge in [0.1, 0.15) is 11.9 Å². The molecule has 0 radical (unpaired) electrons. The summed E-state index contributed by atoms with van der Waals surface area (Å²) in [5.41, 5.74) is 1.36. The highest BCUT2D eigenvalue weighted by Crippen LogP contribution is 2.39. The van der Waals surface area contributed by atoms with E-state index in [9.17, 15) is 23.5 Å². The highest BCUT2D eigenvalue weighted by Gasteiger charge is 2.35. The molecule has 1 amide bonds. The molecule has 2 saturated carbocycles. The summed E-state index contributed by atoms with van der Waals surface area (Å²) in [5.74, 6) is -2.52. The van der Waals surface area contributed by atoms with Gasteiger partial charge in [0.2, 0.25) is 5.91 Å². The van der Waals surface area contributed by atoms with Gasteiger partial charge in [-0.25, -0.2) is 13.8 Å². The minimum Gasteiger partial charge on any atom is -0.481 e. The van der Waals surface area contributed by atoms with Gasteiger partial charge in [0, 0.05) is 29.3 Å².